The molecule has 0 aromatic heterocycles. The lowest BCUT2D eigenvalue weighted by Crippen LogP contribution is -2.44. The van der Waals surface area contributed by atoms with Crippen molar-refractivity contribution in [3.63, 3.8) is 0 Å². The van der Waals surface area contributed by atoms with Gasteiger partial charge in [0.05, 0.1) is 11.8 Å². The number of amides is 1. The number of cyclic esters (lactones) is 1. The second-order valence-electron chi connectivity index (χ2n) is 5.71. The normalized spacial score (nSPS) is 17.1. The minimum Gasteiger partial charge on any atom is -0.438 e. The summed E-state index contributed by atoms with van der Waals surface area (Å²) in [5.74, 6) is 0. The Bertz CT molecular complexity index is 747. The van der Waals surface area contributed by atoms with Crippen molar-refractivity contribution in [2.75, 3.05) is 4.90 Å². The number of nitrogens with zero attached hydrogens (tertiary/aromatic N) is 2. The first-order valence-electron chi connectivity index (χ1n) is 7.11. The quantitative estimate of drug-likeness (QED) is 0.835. The molecule has 1 aliphatic rings. The van der Waals surface area contributed by atoms with Gasteiger partial charge in [-0.1, -0.05) is 48.5 Å². The van der Waals surface area contributed by atoms with Gasteiger partial charge in [0, 0.05) is 5.56 Å². The van der Waals surface area contributed by atoms with E-state index in [0.717, 1.165) is 16.8 Å². The van der Waals surface area contributed by atoms with Crippen LogP contribution in [0, 0.1) is 11.3 Å². The van der Waals surface area contributed by atoms with E-state index in [0.29, 0.717) is 0 Å². The second kappa shape index (κ2) is 5.19. The van der Waals surface area contributed by atoms with E-state index < -0.39 is 17.7 Å². The van der Waals surface area contributed by atoms with E-state index in [2.05, 4.69) is 6.07 Å². The van der Waals surface area contributed by atoms with Crippen molar-refractivity contribution in [3.05, 3.63) is 65.7 Å². The van der Waals surface area contributed by atoms with Crippen LogP contribution in [-0.2, 0) is 10.3 Å². The zero-order chi connectivity index (χ0) is 15.7. The molecule has 0 saturated carbocycles. The van der Waals surface area contributed by atoms with Crippen LogP contribution < -0.4 is 4.90 Å². The number of carbonyl (C=O) groups is 1. The third-order valence-corrected chi connectivity index (χ3v) is 3.85. The SMILES string of the molecule is CC1(C)OC(=O)N(C(C#N)c2ccccc2)c2ccccc21. The van der Waals surface area contributed by atoms with Gasteiger partial charge < -0.3 is 4.74 Å². The molecule has 0 bridgehead atoms. The van der Waals surface area contributed by atoms with E-state index in [1.165, 1.54) is 4.90 Å². The summed E-state index contributed by atoms with van der Waals surface area (Å²) in [6.45, 7) is 3.70. The van der Waals surface area contributed by atoms with Crippen LogP contribution in [0.4, 0.5) is 10.5 Å². The lowest BCUT2D eigenvalue weighted by molar-refractivity contribution is 0.0341. The number of ether oxygens (including phenoxy) is 1. The highest BCUT2D eigenvalue weighted by Gasteiger charge is 2.41. The molecule has 4 nitrogen and oxygen atoms in total. The van der Waals surface area contributed by atoms with Crippen LogP contribution in [0.1, 0.15) is 31.0 Å². The largest absolute Gasteiger partial charge is 0.438 e. The highest BCUT2D eigenvalue weighted by Crippen LogP contribution is 2.41. The molecule has 0 N–H and O–H groups in total. The highest BCUT2D eigenvalue weighted by atomic mass is 16.6. The van der Waals surface area contributed by atoms with Gasteiger partial charge in [-0.2, -0.15) is 5.26 Å². The molecule has 22 heavy (non-hydrogen) atoms. The zero-order valence-corrected chi connectivity index (χ0v) is 12.5. The summed E-state index contributed by atoms with van der Waals surface area (Å²) in [6.07, 6.45) is -0.501. The lowest BCUT2D eigenvalue weighted by Gasteiger charge is -2.40. The second-order valence-corrected chi connectivity index (χ2v) is 5.71. The van der Waals surface area contributed by atoms with Crippen LogP contribution in [0.3, 0.4) is 0 Å². The van der Waals surface area contributed by atoms with E-state index in [1.54, 1.807) is 0 Å². The summed E-state index contributed by atoms with van der Waals surface area (Å²) >= 11 is 0. The predicted octanol–water partition coefficient (Wildman–Crippen LogP) is 4.14. The first-order chi connectivity index (χ1) is 10.5. The minimum atomic E-state index is -0.717. The predicted molar refractivity (Wildman–Crippen MR) is 83.2 cm³/mol. The summed E-state index contributed by atoms with van der Waals surface area (Å²) in [4.78, 5) is 13.9. The summed E-state index contributed by atoms with van der Waals surface area (Å²) in [5.41, 5.74) is 1.67. The Morgan fingerprint density at radius 3 is 2.41 bits per heavy atom. The van der Waals surface area contributed by atoms with E-state index in [4.69, 9.17) is 4.74 Å². The molecule has 110 valence electrons. The first kappa shape index (κ1) is 14.2. The fourth-order valence-corrected chi connectivity index (χ4v) is 2.77. The third kappa shape index (κ3) is 2.21. The molecule has 0 fully saturated rings. The number of fused-ring (bicyclic) bond motifs is 1. The fraction of sp³-hybridized carbons (Fsp3) is 0.222. The minimum absolute atomic E-state index is 0.501. The topological polar surface area (TPSA) is 53.3 Å². The zero-order valence-electron chi connectivity index (χ0n) is 12.5. The Kier molecular flexibility index (Phi) is 3.34. The molecule has 4 heteroatoms. The van der Waals surface area contributed by atoms with Crippen LogP contribution in [0.15, 0.2) is 54.6 Å². The Morgan fingerprint density at radius 2 is 1.73 bits per heavy atom. The number of carbonyl (C=O) groups excluding carboxylic acids is 1. The molecular weight excluding hydrogens is 276 g/mol. The molecule has 0 saturated heterocycles. The molecule has 1 unspecified atom stereocenters. The number of para-hydroxylation sites is 1. The monoisotopic (exact) mass is 292 g/mol. The van der Waals surface area contributed by atoms with E-state index >= 15 is 0 Å². The standard InChI is InChI=1S/C18H16N2O2/c1-18(2)14-10-6-7-11-15(14)20(17(21)22-18)16(12-19)13-8-4-3-5-9-13/h3-11,16H,1-2H3. The molecule has 1 heterocycles. The number of anilines is 1. The Morgan fingerprint density at radius 1 is 1.09 bits per heavy atom. The summed E-state index contributed by atoms with van der Waals surface area (Å²) < 4.78 is 5.55. The number of hydrogen-bond acceptors (Lipinski definition) is 3. The van der Waals surface area contributed by atoms with Gasteiger partial charge in [0.15, 0.2) is 6.04 Å². The van der Waals surface area contributed by atoms with Crippen molar-refractivity contribution in [1.82, 2.24) is 0 Å². The van der Waals surface area contributed by atoms with Gasteiger partial charge in [0.2, 0.25) is 0 Å². The third-order valence-electron chi connectivity index (χ3n) is 3.85. The summed E-state index contributed by atoms with van der Waals surface area (Å²) in [6, 6.07) is 18.3. The van der Waals surface area contributed by atoms with Gasteiger partial charge in [0.1, 0.15) is 5.60 Å². The number of benzene rings is 2. The number of hydrogen-bond donors (Lipinski definition) is 0. The van der Waals surface area contributed by atoms with Crippen LogP contribution in [0.25, 0.3) is 0 Å². The average Bonchev–Trinajstić information content (AvgIpc) is 2.52. The molecule has 1 amide bonds. The van der Waals surface area contributed by atoms with Crippen molar-refractivity contribution in [1.29, 1.82) is 5.26 Å². The maximum atomic E-state index is 12.5. The first-order valence-corrected chi connectivity index (χ1v) is 7.11. The van der Waals surface area contributed by atoms with Crippen molar-refractivity contribution >= 4 is 11.8 Å². The van der Waals surface area contributed by atoms with Crippen LogP contribution in [-0.4, -0.2) is 6.09 Å². The number of rotatable bonds is 2. The molecule has 1 aliphatic heterocycles. The highest BCUT2D eigenvalue weighted by molar-refractivity contribution is 5.93. The van der Waals surface area contributed by atoms with Gasteiger partial charge in [-0.3, -0.25) is 4.90 Å². The van der Waals surface area contributed by atoms with Crippen molar-refractivity contribution < 1.29 is 9.53 Å². The van der Waals surface area contributed by atoms with Gasteiger partial charge in [0.25, 0.3) is 0 Å². The van der Waals surface area contributed by atoms with Gasteiger partial charge in [-0.05, 0) is 25.5 Å². The van der Waals surface area contributed by atoms with E-state index in [9.17, 15) is 10.1 Å². The van der Waals surface area contributed by atoms with Gasteiger partial charge >= 0.3 is 6.09 Å². The Labute approximate surface area is 129 Å². The van der Waals surface area contributed by atoms with Gasteiger partial charge in [-0.25, -0.2) is 4.79 Å². The summed E-state index contributed by atoms with van der Waals surface area (Å²) in [7, 11) is 0. The molecule has 0 radical (unpaired) electrons. The maximum Gasteiger partial charge on any atom is 0.416 e. The Hall–Kier alpha value is -2.80. The van der Waals surface area contributed by atoms with Crippen molar-refractivity contribution in [2.24, 2.45) is 0 Å². The van der Waals surface area contributed by atoms with Crippen molar-refractivity contribution in [2.45, 2.75) is 25.5 Å². The molecule has 3 rings (SSSR count). The van der Waals surface area contributed by atoms with Crippen LogP contribution in [0.2, 0.25) is 0 Å². The fourth-order valence-electron chi connectivity index (χ4n) is 2.77. The van der Waals surface area contributed by atoms with E-state index in [-0.39, 0.29) is 0 Å². The molecule has 0 spiro atoms. The molecule has 0 aliphatic carbocycles. The van der Waals surface area contributed by atoms with Crippen LogP contribution >= 0.6 is 0 Å². The van der Waals surface area contributed by atoms with Crippen LogP contribution in [0.5, 0.6) is 0 Å². The molecular formula is C18H16N2O2. The number of nitriles is 1. The summed E-state index contributed by atoms with van der Waals surface area (Å²) in [5, 5.41) is 9.61. The van der Waals surface area contributed by atoms with Crippen molar-refractivity contribution in [3.8, 4) is 6.07 Å². The molecule has 2 aromatic rings. The smallest absolute Gasteiger partial charge is 0.416 e. The molecule has 2 aromatic carbocycles. The Balaban J connectivity index is 2.14. The maximum absolute atomic E-state index is 12.5. The average molecular weight is 292 g/mol. The van der Waals surface area contributed by atoms with E-state index in [1.807, 2.05) is 68.4 Å². The molecule has 1 atom stereocenters. The van der Waals surface area contributed by atoms with Gasteiger partial charge in [-0.15, -0.1) is 0 Å². The lowest BCUT2D eigenvalue weighted by atomic mass is 9.93.